The lowest BCUT2D eigenvalue weighted by molar-refractivity contribution is -0.137. The third kappa shape index (κ3) is 3.73. The first-order valence-corrected chi connectivity index (χ1v) is 7.78. The Morgan fingerprint density at radius 1 is 1.14 bits per heavy atom. The normalized spacial score (nSPS) is 12.2. The Bertz CT molecular complexity index is 749. The van der Waals surface area contributed by atoms with Crippen LogP contribution in [0.2, 0.25) is 0 Å². The molecule has 2 aromatic rings. The molecule has 0 unspecified atom stereocenters. The van der Waals surface area contributed by atoms with Gasteiger partial charge in [0.15, 0.2) is 0 Å². The molecule has 0 fully saturated rings. The Kier molecular flexibility index (Phi) is 4.24. The zero-order chi connectivity index (χ0) is 15.7. The second-order valence-electron chi connectivity index (χ2n) is 3.98. The quantitative estimate of drug-likeness (QED) is 0.826. The fraction of sp³-hybridized carbons (Fsp3) is 0.0833. The molecule has 0 saturated heterocycles. The molecule has 0 saturated carbocycles. The van der Waals surface area contributed by atoms with E-state index in [0.29, 0.717) is 12.3 Å². The molecule has 112 valence electrons. The van der Waals surface area contributed by atoms with Gasteiger partial charge in [0.25, 0.3) is 10.0 Å². The van der Waals surface area contributed by atoms with Gasteiger partial charge in [-0.1, -0.05) is 18.2 Å². The first-order valence-electron chi connectivity index (χ1n) is 5.51. The van der Waals surface area contributed by atoms with Gasteiger partial charge in [-0.2, -0.15) is 13.2 Å². The second-order valence-corrected chi connectivity index (χ2v) is 6.41. The maximum Gasteiger partial charge on any atom is 0.417 e. The summed E-state index contributed by atoms with van der Waals surface area (Å²) in [6, 6.07) is 7.98. The fourth-order valence-electron chi connectivity index (χ4n) is 1.48. The zero-order valence-corrected chi connectivity index (χ0v) is 12.6. The summed E-state index contributed by atoms with van der Waals surface area (Å²) in [6.07, 6.45) is -4.00. The summed E-state index contributed by atoms with van der Waals surface area (Å²) in [6.45, 7) is 0. The molecule has 0 bridgehead atoms. The summed E-state index contributed by atoms with van der Waals surface area (Å²) in [5.74, 6) is 0. The highest BCUT2D eigenvalue weighted by Gasteiger charge is 2.32. The molecule has 0 radical (unpaired) electrons. The minimum absolute atomic E-state index is 0.0324. The van der Waals surface area contributed by atoms with Crippen LogP contribution in [-0.4, -0.2) is 13.4 Å². The highest BCUT2D eigenvalue weighted by Crippen LogP contribution is 2.33. The molecule has 0 atom stereocenters. The number of hydrogen-bond acceptors (Lipinski definition) is 3. The average Bonchev–Trinajstić information content (AvgIpc) is 2.41. The minimum Gasteiger partial charge on any atom is -0.277 e. The molecule has 0 amide bonds. The smallest absolute Gasteiger partial charge is 0.277 e. The number of aromatic nitrogens is 1. The van der Waals surface area contributed by atoms with Gasteiger partial charge in [0.05, 0.1) is 16.1 Å². The number of benzene rings is 1. The lowest BCUT2D eigenvalue weighted by atomic mass is 10.2. The fourth-order valence-corrected chi connectivity index (χ4v) is 3.00. The van der Waals surface area contributed by atoms with E-state index in [-0.39, 0.29) is 15.2 Å². The second kappa shape index (κ2) is 5.64. The molecule has 1 heterocycles. The van der Waals surface area contributed by atoms with Crippen LogP contribution in [0, 0.1) is 0 Å². The van der Waals surface area contributed by atoms with Gasteiger partial charge in [-0.05, 0) is 34.1 Å². The standard InChI is InChI=1S/C12H8BrF3N2O2S/c13-11-10(6-8(7-17-11)12(14,15)16)18-21(19,20)9-4-2-1-3-5-9/h1-7,18H. The van der Waals surface area contributed by atoms with Crippen molar-refractivity contribution in [3.05, 3.63) is 52.8 Å². The van der Waals surface area contributed by atoms with E-state index in [9.17, 15) is 21.6 Å². The Hall–Kier alpha value is -1.61. The number of halogens is 4. The van der Waals surface area contributed by atoms with Crippen molar-refractivity contribution in [3.8, 4) is 0 Å². The number of rotatable bonds is 3. The molecular weight excluding hydrogens is 373 g/mol. The molecule has 1 aromatic carbocycles. The van der Waals surface area contributed by atoms with Gasteiger partial charge in [0.1, 0.15) is 4.60 Å². The maximum absolute atomic E-state index is 12.6. The van der Waals surface area contributed by atoms with Crippen LogP contribution in [0.25, 0.3) is 0 Å². The Morgan fingerprint density at radius 3 is 2.33 bits per heavy atom. The van der Waals surface area contributed by atoms with Gasteiger partial charge >= 0.3 is 6.18 Å². The third-order valence-electron chi connectivity index (χ3n) is 2.46. The Labute approximate surface area is 127 Å². The van der Waals surface area contributed by atoms with Crippen molar-refractivity contribution in [3.63, 3.8) is 0 Å². The molecule has 1 N–H and O–H groups in total. The number of anilines is 1. The monoisotopic (exact) mass is 380 g/mol. The van der Waals surface area contributed by atoms with Gasteiger partial charge < -0.3 is 0 Å². The first kappa shape index (κ1) is 15.8. The number of nitrogens with one attached hydrogen (secondary N) is 1. The first-order chi connectivity index (χ1) is 9.70. The number of alkyl halides is 3. The van der Waals surface area contributed by atoms with Crippen LogP contribution in [0.4, 0.5) is 18.9 Å². The van der Waals surface area contributed by atoms with E-state index in [1.807, 2.05) is 0 Å². The van der Waals surface area contributed by atoms with Gasteiger partial charge in [-0.25, -0.2) is 13.4 Å². The topological polar surface area (TPSA) is 59.1 Å². The SMILES string of the molecule is O=S(=O)(Nc1cc(C(F)(F)F)cnc1Br)c1ccccc1. The van der Waals surface area contributed by atoms with Crippen molar-refractivity contribution < 1.29 is 21.6 Å². The molecule has 2 rings (SSSR count). The number of pyridine rings is 1. The van der Waals surface area contributed by atoms with E-state index < -0.39 is 21.8 Å². The molecule has 1 aromatic heterocycles. The van der Waals surface area contributed by atoms with Crippen molar-refractivity contribution in [1.82, 2.24) is 4.98 Å². The van der Waals surface area contributed by atoms with Gasteiger partial charge in [0.2, 0.25) is 0 Å². The van der Waals surface area contributed by atoms with Crippen molar-refractivity contribution in [2.24, 2.45) is 0 Å². The highest BCUT2D eigenvalue weighted by atomic mass is 79.9. The lowest BCUT2D eigenvalue weighted by Crippen LogP contribution is -2.15. The summed E-state index contributed by atoms with van der Waals surface area (Å²) in [4.78, 5) is 3.43. The van der Waals surface area contributed by atoms with Crippen LogP contribution >= 0.6 is 15.9 Å². The zero-order valence-electron chi connectivity index (χ0n) is 10.2. The predicted octanol–water partition coefficient (Wildman–Crippen LogP) is 3.66. The van der Waals surface area contributed by atoms with Crippen LogP contribution in [0.3, 0.4) is 0 Å². The summed E-state index contributed by atoms with van der Waals surface area (Å²) in [5, 5.41) is 0. The molecule has 0 aliphatic rings. The van der Waals surface area contributed by atoms with E-state index in [4.69, 9.17) is 0 Å². The molecule has 21 heavy (non-hydrogen) atoms. The summed E-state index contributed by atoms with van der Waals surface area (Å²) >= 11 is 2.92. The van der Waals surface area contributed by atoms with Crippen LogP contribution in [0.5, 0.6) is 0 Å². The summed E-state index contributed by atoms with van der Waals surface area (Å²) < 4.78 is 64.1. The maximum atomic E-state index is 12.6. The van der Waals surface area contributed by atoms with Gasteiger partial charge in [0, 0.05) is 6.20 Å². The van der Waals surface area contributed by atoms with Crippen LogP contribution < -0.4 is 4.72 Å². The molecule has 0 aliphatic heterocycles. The van der Waals surface area contributed by atoms with E-state index in [1.165, 1.54) is 24.3 Å². The molecule has 4 nitrogen and oxygen atoms in total. The van der Waals surface area contributed by atoms with E-state index in [0.717, 1.165) is 0 Å². The van der Waals surface area contributed by atoms with Crippen LogP contribution in [0.15, 0.2) is 52.1 Å². The van der Waals surface area contributed by atoms with Crippen molar-refractivity contribution in [2.45, 2.75) is 11.1 Å². The van der Waals surface area contributed by atoms with Crippen molar-refractivity contribution in [1.29, 1.82) is 0 Å². The van der Waals surface area contributed by atoms with Crippen LogP contribution in [0.1, 0.15) is 5.56 Å². The van der Waals surface area contributed by atoms with Crippen molar-refractivity contribution >= 4 is 31.6 Å². The average molecular weight is 381 g/mol. The Morgan fingerprint density at radius 2 is 1.76 bits per heavy atom. The molecular formula is C12H8BrF3N2O2S. The number of sulfonamides is 1. The number of nitrogens with zero attached hydrogens (tertiary/aromatic N) is 1. The predicted molar refractivity (Wildman–Crippen MR) is 74.2 cm³/mol. The highest BCUT2D eigenvalue weighted by molar-refractivity contribution is 9.10. The van der Waals surface area contributed by atoms with E-state index in [1.54, 1.807) is 6.07 Å². The van der Waals surface area contributed by atoms with Crippen LogP contribution in [-0.2, 0) is 16.2 Å². The lowest BCUT2D eigenvalue weighted by Gasteiger charge is -2.12. The van der Waals surface area contributed by atoms with E-state index in [2.05, 4.69) is 25.6 Å². The van der Waals surface area contributed by atoms with Gasteiger partial charge in [-0.3, -0.25) is 4.72 Å². The van der Waals surface area contributed by atoms with Crippen molar-refractivity contribution in [2.75, 3.05) is 4.72 Å². The minimum atomic E-state index is -4.61. The third-order valence-corrected chi connectivity index (χ3v) is 4.48. The van der Waals surface area contributed by atoms with Gasteiger partial charge in [-0.15, -0.1) is 0 Å². The largest absolute Gasteiger partial charge is 0.417 e. The Balaban J connectivity index is 2.40. The summed E-state index contributed by atoms with van der Waals surface area (Å²) in [7, 11) is -3.99. The molecule has 0 spiro atoms. The molecule has 9 heteroatoms. The number of hydrogen-bond donors (Lipinski definition) is 1. The molecule has 0 aliphatic carbocycles. The summed E-state index contributed by atoms with van der Waals surface area (Å²) in [5.41, 5.74) is -1.33. The van der Waals surface area contributed by atoms with E-state index >= 15 is 0 Å².